The van der Waals surface area contributed by atoms with Gasteiger partial charge in [-0.2, -0.15) is 0 Å². The van der Waals surface area contributed by atoms with Crippen LogP contribution in [0.3, 0.4) is 0 Å². The van der Waals surface area contributed by atoms with Crippen LogP contribution in [0.4, 0.5) is 0 Å². The Kier molecular flexibility index (Phi) is 4.79. The first-order valence-electron chi connectivity index (χ1n) is 6.87. The zero-order valence-corrected chi connectivity index (χ0v) is 11.5. The molecule has 2 heterocycles. The van der Waals surface area contributed by atoms with Crippen LogP contribution >= 0.6 is 0 Å². The highest BCUT2D eigenvalue weighted by molar-refractivity contribution is 5.80. The van der Waals surface area contributed by atoms with E-state index in [1.807, 2.05) is 6.92 Å². The third kappa shape index (κ3) is 3.60. The average molecular weight is 280 g/mol. The molecule has 2 rings (SSSR count). The molecule has 0 bridgehead atoms. The largest absolute Gasteiger partial charge is 0.480 e. The summed E-state index contributed by atoms with van der Waals surface area (Å²) < 4.78 is 5.22. The van der Waals surface area contributed by atoms with E-state index < -0.39 is 12.0 Å². The monoisotopic (exact) mass is 280 g/mol. The molecule has 0 radical (unpaired) electrons. The Morgan fingerprint density at radius 3 is 3.00 bits per heavy atom. The molecule has 1 aromatic heterocycles. The SMILES string of the molecule is CC(NC(=O)CN1CCCCC1C(=O)O)c1ccco1. The van der Waals surface area contributed by atoms with Crippen molar-refractivity contribution in [1.29, 1.82) is 0 Å². The molecule has 2 unspecified atom stereocenters. The molecular weight excluding hydrogens is 260 g/mol. The van der Waals surface area contributed by atoms with E-state index in [2.05, 4.69) is 5.32 Å². The lowest BCUT2D eigenvalue weighted by atomic mass is 10.0. The molecule has 6 nitrogen and oxygen atoms in total. The molecule has 1 aliphatic rings. The summed E-state index contributed by atoms with van der Waals surface area (Å²) in [5, 5.41) is 12.0. The average Bonchev–Trinajstić information content (AvgIpc) is 2.92. The van der Waals surface area contributed by atoms with E-state index in [1.165, 1.54) is 0 Å². The number of aliphatic carboxylic acids is 1. The van der Waals surface area contributed by atoms with Crippen LogP contribution in [0.5, 0.6) is 0 Å². The zero-order chi connectivity index (χ0) is 14.5. The fourth-order valence-electron chi connectivity index (χ4n) is 2.54. The van der Waals surface area contributed by atoms with Crippen molar-refractivity contribution in [2.75, 3.05) is 13.1 Å². The van der Waals surface area contributed by atoms with Crippen molar-refractivity contribution in [3.8, 4) is 0 Å². The minimum absolute atomic E-state index is 0.113. The highest BCUT2D eigenvalue weighted by atomic mass is 16.4. The van der Waals surface area contributed by atoms with Crippen molar-refractivity contribution in [3.63, 3.8) is 0 Å². The molecule has 1 amide bonds. The number of amides is 1. The van der Waals surface area contributed by atoms with Crippen molar-refractivity contribution in [2.24, 2.45) is 0 Å². The van der Waals surface area contributed by atoms with Gasteiger partial charge in [-0.1, -0.05) is 6.42 Å². The van der Waals surface area contributed by atoms with E-state index in [0.29, 0.717) is 18.7 Å². The summed E-state index contributed by atoms with van der Waals surface area (Å²) in [5.74, 6) is -0.342. The first kappa shape index (κ1) is 14.6. The van der Waals surface area contributed by atoms with Gasteiger partial charge in [0.15, 0.2) is 0 Å². The molecule has 1 aliphatic heterocycles. The number of nitrogens with zero attached hydrogens (tertiary/aromatic N) is 1. The van der Waals surface area contributed by atoms with Crippen LogP contribution in [-0.2, 0) is 9.59 Å². The molecule has 0 spiro atoms. The van der Waals surface area contributed by atoms with Gasteiger partial charge in [-0.3, -0.25) is 14.5 Å². The summed E-state index contributed by atoms with van der Waals surface area (Å²) >= 11 is 0. The number of carbonyl (C=O) groups excluding carboxylic acids is 1. The van der Waals surface area contributed by atoms with Crippen molar-refractivity contribution in [2.45, 2.75) is 38.3 Å². The molecule has 110 valence electrons. The molecule has 1 saturated heterocycles. The van der Waals surface area contributed by atoms with Crippen molar-refractivity contribution in [1.82, 2.24) is 10.2 Å². The molecule has 0 aliphatic carbocycles. The molecule has 2 atom stereocenters. The topological polar surface area (TPSA) is 82.8 Å². The number of piperidine rings is 1. The van der Waals surface area contributed by atoms with Gasteiger partial charge in [-0.25, -0.2) is 0 Å². The van der Waals surface area contributed by atoms with Gasteiger partial charge < -0.3 is 14.8 Å². The number of hydrogen-bond donors (Lipinski definition) is 2. The fourth-order valence-corrected chi connectivity index (χ4v) is 2.54. The van der Waals surface area contributed by atoms with Crippen molar-refractivity contribution >= 4 is 11.9 Å². The Morgan fingerprint density at radius 1 is 1.55 bits per heavy atom. The number of carbonyl (C=O) groups is 2. The van der Waals surface area contributed by atoms with Gasteiger partial charge in [-0.05, 0) is 38.4 Å². The number of furan rings is 1. The van der Waals surface area contributed by atoms with Gasteiger partial charge in [0.1, 0.15) is 11.8 Å². The van der Waals surface area contributed by atoms with E-state index in [-0.39, 0.29) is 18.5 Å². The molecule has 6 heteroatoms. The molecule has 0 saturated carbocycles. The van der Waals surface area contributed by atoms with E-state index >= 15 is 0 Å². The number of nitrogens with one attached hydrogen (secondary N) is 1. The van der Waals surface area contributed by atoms with Crippen molar-refractivity contribution in [3.05, 3.63) is 24.2 Å². The quantitative estimate of drug-likeness (QED) is 0.851. The van der Waals surface area contributed by atoms with E-state index in [1.54, 1.807) is 23.3 Å². The summed E-state index contributed by atoms with van der Waals surface area (Å²) in [4.78, 5) is 24.9. The normalized spacial score (nSPS) is 21.4. The smallest absolute Gasteiger partial charge is 0.320 e. The van der Waals surface area contributed by atoms with Crippen LogP contribution in [-0.4, -0.2) is 41.0 Å². The minimum atomic E-state index is -0.850. The summed E-state index contributed by atoms with van der Waals surface area (Å²) in [5.41, 5.74) is 0. The molecule has 0 aromatic carbocycles. The second-order valence-electron chi connectivity index (χ2n) is 5.12. The van der Waals surface area contributed by atoms with Crippen LogP contribution in [0.25, 0.3) is 0 Å². The Labute approximate surface area is 117 Å². The van der Waals surface area contributed by atoms with Gasteiger partial charge in [0.2, 0.25) is 5.91 Å². The lowest BCUT2D eigenvalue weighted by Gasteiger charge is -2.32. The molecule has 2 N–H and O–H groups in total. The summed E-state index contributed by atoms with van der Waals surface area (Å²) in [7, 11) is 0. The second-order valence-corrected chi connectivity index (χ2v) is 5.12. The maximum absolute atomic E-state index is 12.0. The maximum Gasteiger partial charge on any atom is 0.320 e. The summed E-state index contributed by atoms with van der Waals surface area (Å²) in [6.45, 7) is 2.60. The Morgan fingerprint density at radius 2 is 2.35 bits per heavy atom. The second kappa shape index (κ2) is 6.56. The number of hydrogen-bond acceptors (Lipinski definition) is 4. The summed E-state index contributed by atoms with van der Waals surface area (Å²) in [6.07, 6.45) is 4.00. The van der Waals surface area contributed by atoms with Crippen LogP contribution in [0.2, 0.25) is 0 Å². The fraction of sp³-hybridized carbons (Fsp3) is 0.571. The summed E-state index contributed by atoms with van der Waals surface area (Å²) in [6, 6.07) is 2.80. The molecular formula is C14H20N2O4. The lowest BCUT2D eigenvalue weighted by Crippen LogP contribution is -2.49. The molecule has 1 fully saturated rings. The number of likely N-dealkylation sites (tertiary alicyclic amines) is 1. The predicted octanol–water partition coefficient (Wildman–Crippen LogP) is 1.40. The van der Waals surface area contributed by atoms with Crippen LogP contribution < -0.4 is 5.32 Å². The number of rotatable bonds is 5. The number of carboxylic acid groups (broad SMARTS) is 1. The van der Waals surface area contributed by atoms with Crippen LogP contribution in [0.15, 0.2) is 22.8 Å². The Bertz CT molecular complexity index is 458. The standard InChI is InChI=1S/C14H20N2O4/c1-10(12-6-4-8-20-12)15-13(17)9-16-7-3-2-5-11(16)14(18)19/h4,6,8,10-11H,2-3,5,7,9H2,1H3,(H,15,17)(H,18,19). The van der Waals surface area contributed by atoms with Gasteiger partial charge in [0.05, 0.1) is 18.8 Å². The minimum Gasteiger partial charge on any atom is -0.480 e. The third-order valence-electron chi connectivity index (χ3n) is 3.59. The Balaban J connectivity index is 1.88. The first-order chi connectivity index (χ1) is 9.58. The Hall–Kier alpha value is -1.82. The molecule has 20 heavy (non-hydrogen) atoms. The first-order valence-corrected chi connectivity index (χ1v) is 6.87. The van der Waals surface area contributed by atoms with Crippen LogP contribution in [0.1, 0.15) is 38.0 Å². The molecule has 1 aromatic rings. The highest BCUT2D eigenvalue weighted by Crippen LogP contribution is 2.17. The van der Waals surface area contributed by atoms with E-state index in [9.17, 15) is 9.59 Å². The van der Waals surface area contributed by atoms with Gasteiger partial charge in [-0.15, -0.1) is 0 Å². The maximum atomic E-state index is 12.0. The van der Waals surface area contributed by atoms with E-state index in [4.69, 9.17) is 9.52 Å². The third-order valence-corrected chi connectivity index (χ3v) is 3.59. The zero-order valence-electron chi connectivity index (χ0n) is 11.5. The lowest BCUT2D eigenvalue weighted by molar-refractivity contribution is -0.145. The van der Waals surface area contributed by atoms with Crippen molar-refractivity contribution < 1.29 is 19.1 Å². The van der Waals surface area contributed by atoms with Gasteiger partial charge in [0, 0.05) is 0 Å². The van der Waals surface area contributed by atoms with Gasteiger partial charge >= 0.3 is 5.97 Å². The van der Waals surface area contributed by atoms with Crippen LogP contribution in [0, 0.1) is 0 Å². The van der Waals surface area contributed by atoms with E-state index in [0.717, 1.165) is 12.8 Å². The highest BCUT2D eigenvalue weighted by Gasteiger charge is 2.29. The number of carboxylic acids is 1. The van der Waals surface area contributed by atoms with Gasteiger partial charge in [0.25, 0.3) is 0 Å². The predicted molar refractivity (Wildman–Crippen MR) is 72.1 cm³/mol.